The van der Waals surface area contributed by atoms with Crippen LogP contribution in [0.3, 0.4) is 0 Å². The minimum Gasteiger partial charge on any atom is -0.284 e. The number of thiazole rings is 1. The SMILES string of the molecule is CC(=O)N(Cc1cccnc1)c1nc2c(F)cc(F)cc2s1. The lowest BCUT2D eigenvalue weighted by molar-refractivity contribution is -0.116. The van der Waals surface area contributed by atoms with Crippen molar-refractivity contribution in [1.29, 1.82) is 0 Å². The van der Waals surface area contributed by atoms with Gasteiger partial charge >= 0.3 is 0 Å². The number of hydrogen-bond donors (Lipinski definition) is 0. The molecule has 0 saturated heterocycles. The lowest BCUT2D eigenvalue weighted by Crippen LogP contribution is -2.27. The molecule has 0 radical (unpaired) electrons. The van der Waals surface area contributed by atoms with Crippen LogP contribution in [0.5, 0.6) is 0 Å². The summed E-state index contributed by atoms with van der Waals surface area (Å²) in [7, 11) is 0. The van der Waals surface area contributed by atoms with Gasteiger partial charge in [-0.2, -0.15) is 0 Å². The topological polar surface area (TPSA) is 46.1 Å². The summed E-state index contributed by atoms with van der Waals surface area (Å²) in [4.78, 5) is 21.4. The molecule has 1 amide bonds. The summed E-state index contributed by atoms with van der Waals surface area (Å²) < 4.78 is 27.4. The van der Waals surface area contributed by atoms with Gasteiger partial charge in [-0.15, -0.1) is 0 Å². The predicted octanol–water partition coefficient (Wildman–Crippen LogP) is 3.52. The molecule has 2 aromatic heterocycles. The molecular weight excluding hydrogens is 308 g/mol. The van der Waals surface area contributed by atoms with E-state index in [1.165, 1.54) is 17.9 Å². The molecule has 7 heteroatoms. The van der Waals surface area contributed by atoms with Gasteiger partial charge in [-0.3, -0.25) is 14.7 Å². The summed E-state index contributed by atoms with van der Waals surface area (Å²) >= 11 is 1.07. The Kier molecular flexibility index (Phi) is 3.81. The summed E-state index contributed by atoms with van der Waals surface area (Å²) in [6.45, 7) is 1.67. The van der Waals surface area contributed by atoms with E-state index in [1.807, 2.05) is 6.07 Å². The molecule has 0 atom stereocenters. The van der Waals surface area contributed by atoms with Crippen LogP contribution in [0.2, 0.25) is 0 Å². The standard InChI is InChI=1S/C15H11F2N3OS/c1-9(21)20(8-10-3-2-4-18-7-10)15-19-14-12(17)5-11(16)6-13(14)22-15/h2-7H,8H2,1H3. The fourth-order valence-corrected chi connectivity index (χ4v) is 3.10. The van der Waals surface area contributed by atoms with Gasteiger partial charge in [0.2, 0.25) is 5.91 Å². The number of amides is 1. The first kappa shape index (κ1) is 14.5. The van der Waals surface area contributed by atoms with Crippen molar-refractivity contribution in [2.24, 2.45) is 0 Å². The number of hydrogen-bond acceptors (Lipinski definition) is 4. The van der Waals surface area contributed by atoms with Crippen LogP contribution in [0.25, 0.3) is 10.2 Å². The van der Waals surface area contributed by atoms with Crippen molar-refractivity contribution in [1.82, 2.24) is 9.97 Å². The Balaban J connectivity index is 2.02. The van der Waals surface area contributed by atoms with Crippen molar-refractivity contribution >= 4 is 32.6 Å². The van der Waals surface area contributed by atoms with E-state index in [0.717, 1.165) is 23.0 Å². The Morgan fingerprint density at radius 2 is 2.18 bits per heavy atom. The molecule has 1 aromatic carbocycles. The minimum absolute atomic E-state index is 0.0684. The maximum absolute atomic E-state index is 13.7. The van der Waals surface area contributed by atoms with Crippen LogP contribution in [-0.2, 0) is 11.3 Å². The van der Waals surface area contributed by atoms with E-state index in [9.17, 15) is 13.6 Å². The van der Waals surface area contributed by atoms with E-state index in [2.05, 4.69) is 9.97 Å². The van der Waals surface area contributed by atoms with Crippen LogP contribution in [0.4, 0.5) is 13.9 Å². The van der Waals surface area contributed by atoms with Gasteiger partial charge in [0.15, 0.2) is 10.9 Å². The van der Waals surface area contributed by atoms with Crippen molar-refractivity contribution in [3.63, 3.8) is 0 Å². The van der Waals surface area contributed by atoms with E-state index in [0.29, 0.717) is 9.83 Å². The molecule has 0 N–H and O–H groups in total. The summed E-state index contributed by atoms with van der Waals surface area (Å²) in [6.07, 6.45) is 3.28. The monoisotopic (exact) mass is 319 g/mol. The fourth-order valence-electron chi connectivity index (χ4n) is 2.05. The van der Waals surface area contributed by atoms with E-state index >= 15 is 0 Å². The maximum Gasteiger partial charge on any atom is 0.225 e. The largest absolute Gasteiger partial charge is 0.284 e. The second kappa shape index (κ2) is 5.76. The highest BCUT2D eigenvalue weighted by Gasteiger charge is 2.19. The lowest BCUT2D eigenvalue weighted by Gasteiger charge is -2.17. The molecule has 22 heavy (non-hydrogen) atoms. The van der Waals surface area contributed by atoms with Crippen molar-refractivity contribution in [3.05, 3.63) is 53.9 Å². The highest BCUT2D eigenvalue weighted by molar-refractivity contribution is 7.22. The Labute approximate surface area is 129 Å². The zero-order chi connectivity index (χ0) is 15.7. The third kappa shape index (κ3) is 2.80. The molecule has 2 heterocycles. The number of benzene rings is 1. The Bertz CT molecular complexity index is 835. The normalized spacial score (nSPS) is 10.9. The Hall–Kier alpha value is -2.41. The molecule has 4 nitrogen and oxygen atoms in total. The summed E-state index contributed by atoms with van der Waals surface area (Å²) in [5.74, 6) is -1.63. The van der Waals surface area contributed by atoms with Crippen molar-refractivity contribution < 1.29 is 13.6 Å². The molecule has 112 valence electrons. The van der Waals surface area contributed by atoms with Crippen LogP contribution < -0.4 is 4.90 Å². The average Bonchev–Trinajstić information content (AvgIpc) is 2.89. The quantitative estimate of drug-likeness (QED) is 0.742. The number of carbonyl (C=O) groups is 1. The Morgan fingerprint density at radius 1 is 1.36 bits per heavy atom. The molecule has 3 rings (SSSR count). The number of anilines is 1. The molecule has 0 spiro atoms. The zero-order valence-corrected chi connectivity index (χ0v) is 12.4. The van der Waals surface area contributed by atoms with Gasteiger partial charge < -0.3 is 0 Å². The molecule has 3 aromatic rings. The first-order valence-electron chi connectivity index (χ1n) is 6.47. The van der Waals surface area contributed by atoms with Crippen molar-refractivity contribution in [2.75, 3.05) is 4.90 Å². The first-order valence-corrected chi connectivity index (χ1v) is 7.29. The highest BCUT2D eigenvalue weighted by atomic mass is 32.1. The second-order valence-corrected chi connectivity index (χ2v) is 5.71. The first-order chi connectivity index (χ1) is 10.5. The van der Waals surface area contributed by atoms with Gasteiger partial charge in [0.25, 0.3) is 0 Å². The molecule has 0 bridgehead atoms. The number of pyridine rings is 1. The van der Waals surface area contributed by atoms with Gasteiger partial charge in [-0.05, 0) is 17.7 Å². The number of nitrogens with zero attached hydrogens (tertiary/aromatic N) is 3. The molecule has 0 fully saturated rings. The smallest absolute Gasteiger partial charge is 0.225 e. The average molecular weight is 319 g/mol. The van der Waals surface area contributed by atoms with Gasteiger partial charge in [-0.1, -0.05) is 17.4 Å². The predicted molar refractivity (Wildman–Crippen MR) is 80.6 cm³/mol. The number of fused-ring (bicyclic) bond motifs is 1. The third-order valence-corrected chi connectivity index (χ3v) is 4.10. The Morgan fingerprint density at radius 3 is 2.86 bits per heavy atom. The highest BCUT2D eigenvalue weighted by Crippen LogP contribution is 2.31. The van der Waals surface area contributed by atoms with Gasteiger partial charge in [0.1, 0.15) is 11.3 Å². The van der Waals surface area contributed by atoms with Crippen LogP contribution in [0, 0.1) is 11.6 Å². The van der Waals surface area contributed by atoms with Crippen LogP contribution in [0.15, 0.2) is 36.7 Å². The molecule has 0 saturated carbocycles. The van der Waals surface area contributed by atoms with Gasteiger partial charge in [0.05, 0.1) is 11.2 Å². The number of carbonyl (C=O) groups excluding carboxylic acids is 1. The zero-order valence-electron chi connectivity index (χ0n) is 11.6. The van der Waals surface area contributed by atoms with Crippen LogP contribution >= 0.6 is 11.3 Å². The van der Waals surface area contributed by atoms with E-state index < -0.39 is 11.6 Å². The van der Waals surface area contributed by atoms with E-state index in [4.69, 9.17) is 0 Å². The third-order valence-electron chi connectivity index (χ3n) is 3.08. The van der Waals surface area contributed by atoms with E-state index in [1.54, 1.807) is 18.5 Å². The van der Waals surface area contributed by atoms with Gasteiger partial charge in [-0.25, -0.2) is 13.8 Å². The summed E-state index contributed by atoms with van der Waals surface area (Å²) in [6, 6.07) is 5.59. The second-order valence-electron chi connectivity index (χ2n) is 4.70. The van der Waals surface area contributed by atoms with Gasteiger partial charge in [0, 0.05) is 25.4 Å². The van der Waals surface area contributed by atoms with Crippen molar-refractivity contribution in [3.8, 4) is 0 Å². The molecular formula is C15H11F2N3OS. The molecule has 0 aliphatic rings. The maximum atomic E-state index is 13.7. The summed E-state index contributed by atoms with van der Waals surface area (Å²) in [5, 5.41) is 0.329. The molecule has 0 aliphatic carbocycles. The summed E-state index contributed by atoms with van der Waals surface area (Å²) in [5.41, 5.74) is 0.891. The number of rotatable bonds is 3. The van der Waals surface area contributed by atoms with Crippen LogP contribution in [0.1, 0.15) is 12.5 Å². The number of halogens is 2. The lowest BCUT2D eigenvalue weighted by atomic mass is 10.2. The van der Waals surface area contributed by atoms with E-state index in [-0.39, 0.29) is 18.0 Å². The molecule has 0 unspecified atom stereocenters. The number of aromatic nitrogens is 2. The minimum atomic E-state index is -0.734. The fraction of sp³-hybridized carbons (Fsp3) is 0.133. The van der Waals surface area contributed by atoms with Crippen LogP contribution in [-0.4, -0.2) is 15.9 Å². The molecule has 0 aliphatic heterocycles. The van der Waals surface area contributed by atoms with Crippen molar-refractivity contribution in [2.45, 2.75) is 13.5 Å².